The number of rotatable bonds is 3. The summed E-state index contributed by atoms with van der Waals surface area (Å²) in [5.74, 6) is 2.86. The lowest BCUT2D eigenvalue weighted by molar-refractivity contribution is 0.353. The second kappa shape index (κ2) is 9.06. The van der Waals surface area contributed by atoms with E-state index in [9.17, 15) is 8.42 Å². The maximum atomic E-state index is 12.3. The predicted octanol–water partition coefficient (Wildman–Crippen LogP) is 1.60. The number of nitrogens with zero attached hydrogens (tertiary/aromatic N) is 5. The number of nitrogens with one attached hydrogen (secondary N) is 1. The largest absolute Gasteiger partial charge is 0.357 e. The topological polar surface area (TPSA) is 92.5 Å². The van der Waals surface area contributed by atoms with Crippen LogP contribution < -0.4 is 5.32 Å². The number of hydrogen-bond acceptors (Lipinski definition) is 5. The molecule has 0 bridgehead atoms. The average Bonchev–Trinajstić information content (AvgIpc) is 2.81. The third-order valence-electron chi connectivity index (χ3n) is 5.23. The van der Waals surface area contributed by atoms with Crippen molar-refractivity contribution in [2.75, 3.05) is 25.4 Å². The number of halogens is 1. The van der Waals surface area contributed by atoms with Crippen LogP contribution in [0.5, 0.6) is 0 Å². The molecule has 1 saturated heterocycles. The fraction of sp³-hybridized carbons (Fsp3) is 0.824. The Hall–Kier alpha value is -0.910. The maximum absolute atomic E-state index is 12.3. The van der Waals surface area contributed by atoms with E-state index in [1.807, 2.05) is 11.8 Å². The highest BCUT2D eigenvalue weighted by molar-refractivity contribution is 14.0. The van der Waals surface area contributed by atoms with Crippen LogP contribution in [-0.4, -0.2) is 64.2 Å². The summed E-state index contributed by atoms with van der Waals surface area (Å²) in [6.45, 7) is 8.66. The van der Waals surface area contributed by atoms with Crippen LogP contribution in [0.2, 0.25) is 0 Å². The van der Waals surface area contributed by atoms with E-state index in [0.717, 1.165) is 43.5 Å². The molecule has 2 aliphatic rings. The zero-order valence-electron chi connectivity index (χ0n) is 16.4. The molecule has 27 heavy (non-hydrogen) atoms. The molecule has 0 aromatic carbocycles. The molecule has 0 atom stereocenters. The summed E-state index contributed by atoms with van der Waals surface area (Å²) in [5, 5.41) is 12.0. The van der Waals surface area contributed by atoms with E-state index in [0.29, 0.717) is 19.6 Å². The number of aryl methyl sites for hydroxylation is 1. The van der Waals surface area contributed by atoms with Crippen LogP contribution >= 0.6 is 24.0 Å². The molecular formula is C17H31IN6O2S. The van der Waals surface area contributed by atoms with Crippen molar-refractivity contribution < 1.29 is 8.42 Å². The van der Waals surface area contributed by atoms with E-state index in [1.165, 1.54) is 12.8 Å². The van der Waals surface area contributed by atoms with Gasteiger partial charge in [-0.3, -0.25) is 0 Å². The third-order valence-corrected chi connectivity index (χ3v) is 7.77. The smallest absolute Gasteiger partial charge is 0.194 e. The Labute approximate surface area is 179 Å². The van der Waals surface area contributed by atoms with E-state index in [2.05, 4.69) is 20.1 Å². The molecule has 1 aromatic heterocycles. The van der Waals surface area contributed by atoms with Crippen molar-refractivity contribution in [1.82, 2.24) is 25.0 Å². The second-order valence-corrected chi connectivity index (χ2v) is 10.4. The van der Waals surface area contributed by atoms with Gasteiger partial charge >= 0.3 is 0 Å². The van der Waals surface area contributed by atoms with Crippen LogP contribution in [0.4, 0.5) is 0 Å². The Morgan fingerprint density at radius 1 is 1.22 bits per heavy atom. The SMILES string of the molecule is CCNC(=NCc1nnc2n1CCCCC2)N1CCS(=O)(=O)C(C)(C)C1.I. The summed E-state index contributed by atoms with van der Waals surface area (Å²) < 4.78 is 25.9. The van der Waals surface area contributed by atoms with Crippen LogP contribution in [0.25, 0.3) is 0 Å². The summed E-state index contributed by atoms with van der Waals surface area (Å²) in [7, 11) is -3.07. The van der Waals surface area contributed by atoms with Gasteiger partial charge in [0.15, 0.2) is 21.6 Å². The van der Waals surface area contributed by atoms with Gasteiger partial charge in [-0.05, 0) is 33.6 Å². The Kier molecular flexibility index (Phi) is 7.51. The molecule has 8 nitrogen and oxygen atoms in total. The number of aliphatic imine (C=N–C) groups is 1. The van der Waals surface area contributed by atoms with Gasteiger partial charge in [0.05, 0.1) is 10.5 Å². The van der Waals surface area contributed by atoms with Crippen LogP contribution in [0, 0.1) is 0 Å². The third kappa shape index (κ3) is 4.93. The number of fused-ring (bicyclic) bond motifs is 1. The number of hydrogen-bond donors (Lipinski definition) is 1. The molecule has 2 aliphatic heterocycles. The number of sulfone groups is 1. The van der Waals surface area contributed by atoms with Gasteiger partial charge in [0.1, 0.15) is 12.4 Å². The lowest BCUT2D eigenvalue weighted by atomic mass is 10.2. The van der Waals surface area contributed by atoms with Gasteiger partial charge in [-0.15, -0.1) is 34.2 Å². The molecule has 154 valence electrons. The van der Waals surface area contributed by atoms with Crippen LogP contribution in [0.1, 0.15) is 51.7 Å². The second-order valence-electron chi connectivity index (χ2n) is 7.67. The van der Waals surface area contributed by atoms with Crippen molar-refractivity contribution in [2.24, 2.45) is 4.99 Å². The highest BCUT2D eigenvalue weighted by Gasteiger charge is 2.41. The molecule has 3 heterocycles. The fourth-order valence-electron chi connectivity index (χ4n) is 3.56. The summed E-state index contributed by atoms with van der Waals surface area (Å²) in [5.41, 5.74) is 0. The lowest BCUT2D eigenvalue weighted by Gasteiger charge is -2.39. The van der Waals surface area contributed by atoms with Crippen molar-refractivity contribution in [2.45, 2.75) is 64.3 Å². The molecule has 0 amide bonds. The highest BCUT2D eigenvalue weighted by Crippen LogP contribution is 2.24. The molecule has 1 N–H and O–H groups in total. The van der Waals surface area contributed by atoms with Gasteiger partial charge in [0.25, 0.3) is 0 Å². The van der Waals surface area contributed by atoms with Crippen LogP contribution in [0.15, 0.2) is 4.99 Å². The summed E-state index contributed by atoms with van der Waals surface area (Å²) in [6, 6.07) is 0. The molecule has 0 saturated carbocycles. The van der Waals surface area contributed by atoms with Gasteiger partial charge in [-0.25, -0.2) is 13.4 Å². The zero-order chi connectivity index (χ0) is 18.8. The fourth-order valence-corrected chi connectivity index (χ4v) is 4.92. The Morgan fingerprint density at radius 3 is 2.70 bits per heavy atom. The van der Waals surface area contributed by atoms with Gasteiger partial charge < -0.3 is 14.8 Å². The Bertz CT molecular complexity index is 774. The normalized spacial score (nSPS) is 21.7. The first-order valence-corrected chi connectivity index (χ1v) is 11.2. The van der Waals surface area contributed by atoms with E-state index in [-0.39, 0.29) is 29.7 Å². The highest BCUT2D eigenvalue weighted by atomic mass is 127. The van der Waals surface area contributed by atoms with Crippen molar-refractivity contribution in [1.29, 1.82) is 0 Å². The average molecular weight is 510 g/mol. The Morgan fingerprint density at radius 2 is 2.00 bits per heavy atom. The number of aromatic nitrogens is 3. The first-order chi connectivity index (χ1) is 12.3. The van der Waals surface area contributed by atoms with Gasteiger partial charge in [0.2, 0.25) is 0 Å². The predicted molar refractivity (Wildman–Crippen MR) is 117 cm³/mol. The van der Waals surface area contributed by atoms with Crippen molar-refractivity contribution in [3.05, 3.63) is 11.6 Å². The molecule has 0 spiro atoms. The minimum Gasteiger partial charge on any atom is -0.357 e. The summed E-state index contributed by atoms with van der Waals surface area (Å²) >= 11 is 0. The van der Waals surface area contributed by atoms with Crippen LogP contribution in [-0.2, 0) is 29.3 Å². The molecule has 0 aliphatic carbocycles. The van der Waals surface area contributed by atoms with E-state index >= 15 is 0 Å². The minimum atomic E-state index is -3.07. The summed E-state index contributed by atoms with van der Waals surface area (Å²) in [4.78, 5) is 6.79. The first kappa shape index (κ1) is 22.4. The van der Waals surface area contributed by atoms with E-state index < -0.39 is 14.6 Å². The van der Waals surface area contributed by atoms with E-state index in [4.69, 9.17) is 4.99 Å². The zero-order valence-corrected chi connectivity index (χ0v) is 19.6. The van der Waals surface area contributed by atoms with Gasteiger partial charge in [-0.1, -0.05) is 6.42 Å². The molecular weight excluding hydrogens is 479 g/mol. The first-order valence-electron chi connectivity index (χ1n) is 9.50. The monoisotopic (exact) mass is 510 g/mol. The minimum absolute atomic E-state index is 0. The quantitative estimate of drug-likeness (QED) is 0.378. The standard InChI is InChI=1S/C17H30N6O2S.HI/c1-4-18-16(22-10-11-26(24,25)17(2,3)13-22)19-12-15-21-20-14-8-6-5-7-9-23(14)15;/h4-13H2,1-3H3,(H,18,19);1H. The molecule has 0 unspecified atom stereocenters. The van der Waals surface area contributed by atoms with E-state index in [1.54, 1.807) is 13.8 Å². The lowest BCUT2D eigenvalue weighted by Crippen LogP contribution is -2.57. The molecule has 1 fully saturated rings. The summed E-state index contributed by atoms with van der Waals surface area (Å²) in [6.07, 6.45) is 4.53. The van der Waals surface area contributed by atoms with Crippen LogP contribution in [0.3, 0.4) is 0 Å². The van der Waals surface area contributed by atoms with Crippen molar-refractivity contribution >= 4 is 39.8 Å². The van der Waals surface area contributed by atoms with Gasteiger partial charge in [0, 0.05) is 32.6 Å². The van der Waals surface area contributed by atoms with Crippen molar-refractivity contribution in [3.8, 4) is 0 Å². The molecule has 3 rings (SSSR count). The van der Waals surface area contributed by atoms with Gasteiger partial charge in [-0.2, -0.15) is 0 Å². The van der Waals surface area contributed by atoms with Crippen molar-refractivity contribution in [3.63, 3.8) is 0 Å². The molecule has 10 heteroatoms. The molecule has 1 aromatic rings. The molecule has 0 radical (unpaired) electrons. The maximum Gasteiger partial charge on any atom is 0.194 e. The Balaban J connectivity index is 0.00000261. The number of guanidine groups is 1.